The number of para-hydroxylation sites is 1. The van der Waals surface area contributed by atoms with Crippen LogP contribution in [0.2, 0.25) is 0 Å². The van der Waals surface area contributed by atoms with E-state index in [0.29, 0.717) is 13.0 Å². The number of halogens is 1. The Morgan fingerprint density at radius 3 is 2.67 bits per heavy atom. The van der Waals surface area contributed by atoms with E-state index in [1.807, 2.05) is 24.3 Å². The lowest BCUT2D eigenvalue weighted by molar-refractivity contribution is 0.393. The molecule has 7 heteroatoms. The Balaban J connectivity index is 1.76. The first-order valence-corrected chi connectivity index (χ1v) is 9.95. The van der Waals surface area contributed by atoms with Gasteiger partial charge in [-0.2, -0.15) is 4.31 Å². The molecular formula is C17H15FN2O2S2. The topological polar surface area (TPSA) is 50.3 Å². The fourth-order valence-electron chi connectivity index (χ4n) is 3.09. The zero-order valence-electron chi connectivity index (χ0n) is 12.7. The third-order valence-corrected chi connectivity index (χ3v) is 7.30. The van der Waals surface area contributed by atoms with Gasteiger partial charge in [-0.05, 0) is 37.1 Å². The van der Waals surface area contributed by atoms with Crippen LogP contribution in [-0.4, -0.2) is 24.3 Å². The maximum atomic E-state index is 14.0. The van der Waals surface area contributed by atoms with Gasteiger partial charge in [-0.3, -0.25) is 0 Å². The van der Waals surface area contributed by atoms with Crippen molar-refractivity contribution in [2.45, 2.75) is 23.8 Å². The van der Waals surface area contributed by atoms with Crippen molar-refractivity contribution < 1.29 is 12.8 Å². The van der Waals surface area contributed by atoms with Crippen molar-refractivity contribution in [1.82, 2.24) is 9.29 Å². The van der Waals surface area contributed by atoms with Crippen LogP contribution in [0.1, 0.15) is 23.9 Å². The summed E-state index contributed by atoms with van der Waals surface area (Å²) in [5.74, 6) is -0.715. The lowest BCUT2D eigenvalue weighted by Gasteiger charge is -2.22. The molecule has 0 bridgehead atoms. The molecule has 1 atom stereocenters. The highest BCUT2D eigenvalue weighted by Crippen LogP contribution is 2.39. The van der Waals surface area contributed by atoms with Crippen LogP contribution >= 0.6 is 11.3 Å². The maximum Gasteiger partial charge on any atom is 0.246 e. The number of benzene rings is 2. The van der Waals surface area contributed by atoms with E-state index in [0.717, 1.165) is 21.6 Å². The summed E-state index contributed by atoms with van der Waals surface area (Å²) in [7, 11) is -3.88. The molecule has 1 fully saturated rings. The third kappa shape index (κ3) is 2.53. The maximum absolute atomic E-state index is 14.0. The molecule has 1 saturated heterocycles. The first-order valence-electron chi connectivity index (χ1n) is 7.69. The summed E-state index contributed by atoms with van der Waals surface area (Å²) in [4.78, 5) is 4.33. The molecule has 2 aromatic carbocycles. The molecule has 1 aliphatic heterocycles. The molecule has 1 aromatic heterocycles. The molecule has 0 aliphatic carbocycles. The number of nitrogens with zero attached hydrogens (tertiary/aromatic N) is 2. The summed E-state index contributed by atoms with van der Waals surface area (Å²) in [6.45, 7) is 0.386. The van der Waals surface area contributed by atoms with Gasteiger partial charge in [0, 0.05) is 6.54 Å². The summed E-state index contributed by atoms with van der Waals surface area (Å²) in [5.41, 5.74) is 0.868. The number of rotatable bonds is 3. The largest absolute Gasteiger partial charge is 0.246 e. The first-order chi connectivity index (χ1) is 11.6. The van der Waals surface area contributed by atoms with Crippen LogP contribution in [0.3, 0.4) is 0 Å². The summed E-state index contributed by atoms with van der Waals surface area (Å²) >= 11 is 1.50. The Kier molecular flexibility index (Phi) is 3.86. The summed E-state index contributed by atoms with van der Waals surface area (Å²) in [5, 5.41) is 0.772. The number of hydrogen-bond donors (Lipinski definition) is 0. The minimum atomic E-state index is -3.88. The molecule has 24 heavy (non-hydrogen) atoms. The van der Waals surface area contributed by atoms with E-state index in [1.165, 1.54) is 33.8 Å². The predicted molar refractivity (Wildman–Crippen MR) is 91.9 cm³/mol. The van der Waals surface area contributed by atoms with Crippen LogP contribution in [0, 0.1) is 5.82 Å². The molecule has 124 valence electrons. The third-order valence-electron chi connectivity index (χ3n) is 4.22. The van der Waals surface area contributed by atoms with E-state index >= 15 is 0 Å². The zero-order valence-corrected chi connectivity index (χ0v) is 14.4. The Morgan fingerprint density at radius 2 is 1.88 bits per heavy atom. The zero-order chi connectivity index (χ0) is 16.7. The van der Waals surface area contributed by atoms with Gasteiger partial charge in [-0.1, -0.05) is 24.3 Å². The Labute approximate surface area is 143 Å². The number of aromatic nitrogens is 1. The van der Waals surface area contributed by atoms with E-state index < -0.39 is 15.8 Å². The van der Waals surface area contributed by atoms with Gasteiger partial charge >= 0.3 is 0 Å². The van der Waals surface area contributed by atoms with Crippen LogP contribution in [0.5, 0.6) is 0 Å². The molecule has 3 aromatic rings. The predicted octanol–water partition coefficient (Wildman–Crippen LogP) is 3.96. The van der Waals surface area contributed by atoms with E-state index in [2.05, 4.69) is 4.98 Å². The fourth-order valence-corrected chi connectivity index (χ4v) is 6.00. The number of thiazole rings is 1. The number of fused-ring (bicyclic) bond motifs is 1. The molecule has 4 rings (SSSR count). The molecule has 0 saturated carbocycles. The van der Waals surface area contributed by atoms with Crippen LogP contribution in [0.25, 0.3) is 10.2 Å². The minimum absolute atomic E-state index is 0.266. The Hall–Kier alpha value is -1.83. The lowest BCUT2D eigenvalue weighted by atomic mass is 10.2. The molecule has 2 heterocycles. The highest BCUT2D eigenvalue weighted by Gasteiger charge is 2.38. The van der Waals surface area contributed by atoms with E-state index in [-0.39, 0.29) is 10.9 Å². The molecule has 0 N–H and O–H groups in total. The molecule has 0 spiro atoms. The van der Waals surface area contributed by atoms with Crippen molar-refractivity contribution in [3.63, 3.8) is 0 Å². The van der Waals surface area contributed by atoms with Crippen molar-refractivity contribution >= 4 is 31.6 Å². The molecule has 0 radical (unpaired) electrons. The van der Waals surface area contributed by atoms with Gasteiger partial charge < -0.3 is 0 Å². The van der Waals surface area contributed by atoms with Crippen molar-refractivity contribution in [2.75, 3.05) is 6.54 Å². The van der Waals surface area contributed by atoms with E-state index in [9.17, 15) is 12.8 Å². The van der Waals surface area contributed by atoms with Crippen LogP contribution in [0.4, 0.5) is 4.39 Å². The Bertz CT molecular complexity index is 968. The highest BCUT2D eigenvalue weighted by molar-refractivity contribution is 7.89. The van der Waals surface area contributed by atoms with Gasteiger partial charge in [0.25, 0.3) is 0 Å². The second-order valence-corrected chi connectivity index (χ2v) is 8.65. The normalized spacial score (nSPS) is 19.1. The van der Waals surface area contributed by atoms with Gasteiger partial charge in [0.2, 0.25) is 10.0 Å². The minimum Gasteiger partial charge on any atom is -0.239 e. The molecular weight excluding hydrogens is 347 g/mol. The number of sulfonamides is 1. The SMILES string of the molecule is O=S(=O)(c1ccccc1F)N1CCC[C@H]1c1nc2ccccc2s1. The van der Waals surface area contributed by atoms with Gasteiger partial charge in [0.15, 0.2) is 0 Å². The van der Waals surface area contributed by atoms with Crippen molar-refractivity contribution in [2.24, 2.45) is 0 Å². The second kappa shape index (κ2) is 5.91. The summed E-state index contributed by atoms with van der Waals surface area (Å²) < 4.78 is 42.3. The van der Waals surface area contributed by atoms with Gasteiger partial charge in [-0.25, -0.2) is 17.8 Å². The molecule has 0 unspecified atom stereocenters. The van der Waals surface area contributed by atoms with Crippen molar-refractivity contribution in [3.05, 3.63) is 59.4 Å². The summed E-state index contributed by atoms with van der Waals surface area (Å²) in [6, 6.07) is 12.9. The van der Waals surface area contributed by atoms with Gasteiger partial charge in [0.1, 0.15) is 15.7 Å². The second-order valence-electron chi connectivity index (χ2n) is 5.72. The van der Waals surface area contributed by atoms with Crippen molar-refractivity contribution in [3.8, 4) is 0 Å². The standard InChI is InChI=1S/C17H15FN2O2S2/c18-12-6-1-4-10-16(12)24(21,22)20-11-5-8-14(20)17-19-13-7-2-3-9-15(13)23-17/h1-4,6-7,9-10,14H,5,8,11H2/t14-/m0/s1. The summed E-state index contributed by atoms with van der Waals surface area (Å²) in [6.07, 6.45) is 1.45. The molecule has 0 amide bonds. The van der Waals surface area contributed by atoms with E-state index in [4.69, 9.17) is 0 Å². The lowest BCUT2D eigenvalue weighted by Crippen LogP contribution is -2.31. The highest BCUT2D eigenvalue weighted by atomic mass is 32.2. The Morgan fingerprint density at radius 1 is 1.12 bits per heavy atom. The van der Waals surface area contributed by atoms with Crippen LogP contribution < -0.4 is 0 Å². The molecule has 4 nitrogen and oxygen atoms in total. The van der Waals surface area contributed by atoms with Crippen LogP contribution in [0.15, 0.2) is 53.4 Å². The number of hydrogen-bond acceptors (Lipinski definition) is 4. The monoisotopic (exact) mass is 362 g/mol. The first kappa shape index (κ1) is 15.7. The average molecular weight is 362 g/mol. The smallest absolute Gasteiger partial charge is 0.239 e. The van der Waals surface area contributed by atoms with Crippen molar-refractivity contribution in [1.29, 1.82) is 0 Å². The van der Waals surface area contributed by atoms with E-state index in [1.54, 1.807) is 6.07 Å². The van der Waals surface area contributed by atoms with Gasteiger partial charge in [-0.15, -0.1) is 11.3 Å². The van der Waals surface area contributed by atoms with Crippen LogP contribution in [-0.2, 0) is 10.0 Å². The molecule has 1 aliphatic rings. The van der Waals surface area contributed by atoms with Gasteiger partial charge in [0.05, 0.1) is 16.3 Å². The average Bonchev–Trinajstić information content (AvgIpc) is 3.21. The quantitative estimate of drug-likeness (QED) is 0.709. The fraction of sp³-hybridized carbons (Fsp3) is 0.235.